The van der Waals surface area contributed by atoms with Crippen LogP contribution in [0.3, 0.4) is 0 Å². The van der Waals surface area contributed by atoms with Crippen LogP contribution >= 0.6 is 0 Å². The molecule has 0 atom stereocenters. The lowest BCUT2D eigenvalue weighted by Gasteiger charge is -2.28. The second kappa shape index (κ2) is 8.16. The average Bonchev–Trinajstić information content (AvgIpc) is 3.40. The van der Waals surface area contributed by atoms with Crippen molar-refractivity contribution in [3.05, 3.63) is 53.9 Å². The maximum Gasteiger partial charge on any atom is 0.253 e. The van der Waals surface area contributed by atoms with Gasteiger partial charge in [-0.05, 0) is 0 Å². The highest BCUT2D eigenvalue weighted by Gasteiger charge is 2.28. The number of fused-ring (bicyclic) bond motifs is 1. The summed E-state index contributed by atoms with van der Waals surface area (Å²) >= 11 is 0. The van der Waals surface area contributed by atoms with Crippen molar-refractivity contribution in [3.63, 3.8) is 0 Å². The van der Waals surface area contributed by atoms with Crippen LogP contribution in [0, 0.1) is 17.5 Å². The van der Waals surface area contributed by atoms with E-state index in [9.17, 15) is 13.6 Å². The fourth-order valence-corrected chi connectivity index (χ4v) is 3.56. The molecule has 170 valence electrons. The molecule has 4 heterocycles. The summed E-state index contributed by atoms with van der Waals surface area (Å²) in [4.78, 5) is 21.7. The Labute approximate surface area is 184 Å². The fourth-order valence-electron chi connectivity index (χ4n) is 3.56. The number of benzene rings is 1. The Hall–Kier alpha value is -4.00. The second-order valence-electron chi connectivity index (χ2n) is 7.38. The number of amides is 1. The summed E-state index contributed by atoms with van der Waals surface area (Å²) in [5.41, 5.74) is 0.00491. The first-order valence-electron chi connectivity index (χ1n) is 9.89. The van der Waals surface area contributed by atoms with Crippen LogP contribution in [0.1, 0.15) is 5.56 Å². The molecular weight excluding hydrogens is 441 g/mol. The van der Waals surface area contributed by atoms with Gasteiger partial charge in [-0.3, -0.25) is 9.48 Å². The number of aryl methyl sites for hydroxylation is 1. The Morgan fingerprint density at radius 2 is 2.00 bits per heavy atom. The van der Waals surface area contributed by atoms with Gasteiger partial charge in [-0.15, -0.1) is 0 Å². The molecular formula is C20H17F3N8O2. The minimum atomic E-state index is -1.36. The van der Waals surface area contributed by atoms with Gasteiger partial charge in [0.05, 0.1) is 47.9 Å². The number of nitrogens with one attached hydrogen (secondary N) is 1. The molecule has 0 bridgehead atoms. The van der Waals surface area contributed by atoms with E-state index >= 15 is 4.39 Å². The molecule has 0 saturated carbocycles. The number of nitrogens with zero attached hydrogens (tertiary/aromatic N) is 7. The summed E-state index contributed by atoms with van der Waals surface area (Å²) in [5, 5.41) is 11.7. The van der Waals surface area contributed by atoms with Crippen LogP contribution in [0.2, 0.25) is 0 Å². The average molecular weight is 458 g/mol. The van der Waals surface area contributed by atoms with Crippen LogP contribution in [-0.4, -0.2) is 55.2 Å². The Bertz CT molecular complexity index is 1370. The number of ether oxygens (including phenoxy) is 1. The molecule has 1 aromatic carbocycles. The maximum absolute atomic E-state index is 15.3. The molecule has 1 aliphatic heterocycles. The Balaban J connectivity index is 1.51. The summed E-state index contributed by atoms with van der Waals surface area (Å²) in [6, 6.07) is 0.677. The van der Waals surface area contributed by atoms with E-state index in [-0.39, 0.29) is 37.0 Å². The maximum atomic E-state index is 15.3. The van der Waals surface area contributed by atoms with E-state index in [0.717, 1.165) is 4.90 Å². The van der Waals surface area contributed by atoms with Crippen molar-refractivity contribution in [1.29, 1.82) is 0 Å². The van der Waals surface area contributed by atoms with Gasteiger partial charge in [0.2, 0.25) is 5.95 Å². The second-order valence-corrected chi connectivity index (χ2v) is 7.38. The molecule has 3 aromatic heterocycles. The predicted octanol–water partition coefficient (Wildman–Crippen LogP) is 2.13. The van der Waals surface area contributed by atoms with Crippen molar-refractivity contribution >= 4 is 34.3 Å². The van der Waals surface area contributed by atoms with Crippen LogP contribution in [0.4, 0.5) is 30.5 Å². The molecule has 0 unspecified atom stereocenters. The van der Waals surface area contributed by atoms with Crippen LogP contribution in [0.5, 0.6) is 0 Å². The van der Waals surface area contributed by atoms with Crippen molar-refractivity contribution < 1.29 is 22.7 Å². The van der Waals surface area contributed by atoms with Crippen LogP contribution in [0.15, 0.2) is 30.9 Å². The zero-order valence-electron chi connectivity index (χ0n) is 17.3. The lowest BCUT2D eigenvalue weighted by molar-refractivity contribution is -0.125. The molecule has 1 amide bonds. The van der Waals surface area contributed by atoms with E-state index in [4.69, 9.17) is 4.74 Å². The summed E-state index contributed by atoms with van der Waals surface area (Å²) < 4.78 is 52.1. The molecule has 13 heteroatoms. The van der Waals surface area contributed by atoms with E-state index in [1.165, 1.54) is 17.1 Å². The first kappa shape index (κ1) is 20.9. The van der Waals surface area contributed by atoms with Gasteiger partial charge in [-0.2, -0.15) is 15.2 Å². The first-order chi connectivity index (χ1) is 15.9. The van der Waals surface area contributed by atoms with Crippen molar-refractivity contribution in [3.8, 4) is 0 Å². The molecule has 1 aliphatic rings. The van der Waals surface area contributed by atoms with E-state index in [0.29, 0.717) is 17.1 Å². The molecule has 10 nitrogen and oxygen atoms in total. The number of morpholine rings is 1. The van der Waals surface area contributed by atoms with E-state index in [2.05, 4.69) is 25.5 Å². The molecule has 33 heavy (non-hydrogen) atoms. The minimum absolute atomic E-state index is 0.0293. The lowest BCUT2D eigenvalue weighted by atomic mass is 10.1. The van der Waals surface area contributed by atoms with Crippen LogP contribution in [-0.2, 0) is 23.1 Å². The Morgan fingerprint density at radius 3 is 2.76 bits per heavy atom. The van der Waals surface area contributed by atoms with Gasteiger partial charge in [-0.1, -0.05) is 0 Å². The van der Waals surface area contributed by atoms with Gasteiger partial charge in [0.1, 0.15) is 6.61 Å². The highest BCUT2D eigenvalue weighted by atomic mass is 19.2. The topological polar surface area (TPSA) is 103 Å². The molecule has 0 aliphatic carbocycles. The zero-order chi connectivity index (χ0) is 23.1. The quantitative estimate of drug-likeness (QED) is 0.457. The third kappa shape index (κ3) is 3.86. The molecule has 4 aromatic rings. The normalized spacial score (nSPS) is 14.3. The van der Waals surface area contributed by atoms with Crippen molar-refractivity contribution in [2.45, 2.75) is 6.54 Å². The third-order valence-corrected chi connectivity index (χ3v) is 5.15. The van der Waals surface area contributed by atoms with Gasteiger partial charge in [0.25, 0.3) is 5.91 Å². The molecule has 1 fully saturated rings. The van der Waals surface area contributed by atoms with Crippen molar-refractivity contribution in [1.82, 2.24) is 29.5 Å². The smallest absolute Gasteiger partial charge is 0.253 e. The highest BCUT2D eigenvalue weighted by molar-refractivity contribution is 5.95. The minimum Gasteiger partial charge on any atom is -0.370 e. The number of carbonyl (C=O) groups excluding carboxylic acids is 1. The number of aromatic nitrogens is 6. The molecule has 1 N–H and O–H groups in total. The number of rotatable bonds is 5. The first-order valence-corrected chi connectivity index (χ1v) is 9.89. The summed E-state index contributed by atoms with van der Waals surface area (Å²) in [6.07, 6.45) is 6.24. The summed E-state index contributed by atoms with van der Waals surface area (Å²) in [5.74, 6) is -4.00. The van der Waals surface area contributed by atoms with Crippen LogP contribution < -0.4 is 10.2 Å². The fraction of sp³-hybridized carbons (Fsp3) is 0.250. The van der Waals surface area contributed by atoms with Gasteiger partial charge in [0.15, 0.2) is 23.1 Å². The van der Waals surface area contributed by atoms with E-state index < -0.39 is 35.5 Å². The van der Waals surface area contributed by atoms with Crippen molar-refractivity contribution in [2.75, 3.05) is 30.0 Å². The SMILES string of the molecule is Cn1cc(Nc2ncc3cnn(Cc4c(F)c(F)cc(N5CCOCC5=O)c4F)c3n2)cn1. The van der Waals surface area contributed by atoms with Gasteiger partial charge in [0, 0.05) is 32.1 Å². The number of hydrogen-bond acceptors (Lipinski definition) is 7. The molecule has 0 spiro atoms. The Kier molecular flexibility index (Phi) is 5.17. The standard InChI is InChI=1S/C20H17F3N8O2/c1-29-8-12(7-25-29)27-20-24-5-11-6-26-31(19(11)28-20)9-13-17(22)14(21)4-15(18(13)23)30-2-3-33-10-16(30)32/h4-8H,2-3,9-10H2,1H3,(H,24,27,28). The van der Waals surface area contributed by atoms with Crippen molar-refractivity contribution in [2.24, 2.45) is 7.05 Å². The highest BCUT2D eigenvalue weighted by Crippen LogP contribution is 2.29. The number of carbonyl (C=O) groups is 1. The number of halogens is 3. The van der Waals surface area contributed by atoms with Gasteiger partial charge in [-0.25, -0.2) is 22.8 Å². The summed E-state index contributed by atoms with van der Waals surface area (Å²) in [6.45, 7) is -0.524. The molecule has 0 radical (unpaired) electrons. The summed E-state index contributed by atoms with van der Waals surface area (Å²) in [7, 11) is 1.76. The van der Waals surface area contributed by atoms with Crippen LogP contribution in [0.25, 0.3) is 11.0 Å². The third-order valence-electron chi connectivity index (χ3n) is 5.15. The zero-order valence-corrected chi connectivity index (χ0v) is 17.3. The van der Waals surface area contributed by atoms with E-state index in [1.54, 1.807) is 24.1 Å². The monoisotopic (exact) mass is 458 g/mol. The predicted molar refractivity (Wildman–Crippen MR) is 110 cm³/mol. The van der Waals surface area contributed by atoms with Gasteiger partial charge < -0.3 is 15.0 Å². The molecule has 1 saturated heterocycles. The largest absolute Gasteiger partial charge is 0.370 e. The number of anilines is 3. The lowest BCUT2D eigenvalue weighted by Crippen LogP contribution is -2.42. The Morgan fingerprint density at radius 1 is 1.15 bits per heavy atom. The number of hydrogen-bond donors (Lipinski definition) is 1. The van der Waals surface area contributed by atoms with Gasteiger partial charge >= 0.3 is 0 Å². The molecule has 5 rings (SSSR count). The van der Waals surface area contributed by atoms with E-state index in [1.807, 2.05) is 0 Å².